The number of nitrogens with one attached hydrogen (secondary N) is 2. The summed E-state index contributed by atoms with van der Waals surface area (Å²) >= 11 is 2.82. The molecule has 1 fully saturated rings. The van der Waals surface area contributed by atoms with Gasteiger partial charge in [0.1, 0.15) is 17.2 Å². The van der Waals surface area contributed by atoms with Gasteiger partial charge in [0.05, 0.1) is 11.6 Å². The van der Waals surface area contributed by atoms with Crippen molar-refractivity contribution in [2.45, 2.75) is 13.3 Å². The van der Waals surface area contributed by atoms with E-state index in [1.807, 2.05) is 24.3 Å². The second-order valence-corrected chi connectivity index (χ2v) is 7.47. The van der Waals surface area contributed by atoms with Gasteiger partial charge < -0.3 is 4.90 Å². The van der Waals surface area contributed by atoms with Gasteiger partial charge in [-0.15, -0.1) is 23.1 Å². The Hall–Kier alpha value is -2.39. The average molecular weight is 390 g/mol. The Morgan fingerprint density at radius 3 is 2.65 bits per heavy atom. The summed E-state index contributed by atoms with van der Waals surface area (Å²) in [5.41, 5.74) is 7.06. The lowest BCUT2D eigenvalue weighted by Crippen LogP contribution is -2.46. The van der Waals surface area contributed by atoms with Crippen LogP contribution in [0.5, 0.6) is 0 Å². The van der Waals surface area contributed by atoms with Gasteiger partial charge in [0, 0.05) is 10.9 Å². The molecule has 1 aromatic heterocycles. The zero-order chi connectivity index (χ0) is 18.5. The van der Waals surface area contributed by atoms with Gasteiger partial charge in [0.15, 0.2) is 0 Å². The molecule has 0 bridgehead atoms. The van der Waals surface area contributed by atoms with Gasteiger partial charge in [-0.2, -0.15) is 0 Å². The number of hydrogen-bond donors (Lipinski definition) is 2. The molecule has 0 unspecified atom stereocenters. The zero-order valence-corrected chi connectivity index (χ0v) is 15.8. The van der Waals surface area contributed by atoms with E-state index < -0.39 is 11.8 Å². The van der Waals surface area contributed by atoms with Crippen molar-refractivity contribution in [2.24, 2.45) is 0 Å². The van der Waals surface area contributed by atoms with Crippen LogP contribution in [-0.4, -0.2) is 45.8 Å². The number of carbonyl (C=O) groups is 3. The number of aromatic nitrogens is 1. The van der Waals surface area contributed by atoms with Crippen LogP contribution in [0.2, 0.25) is 0 Å². The van der Waals surface area contributed by atoms with E-state index in [4.69, 9.17) is 0 Å². The number of amides is 3. The lowest BCUT2D eigenvalue weighted by Gasteiger charge is -2.14. The number of benzene rings is 1. The molecule has 9 heteroatoms. The third-order valence-electron chi connectivity index (χ3n) is 3.82. The van der Waals surface area contributed by atoms with E-state index in [1.165, 1.54) is 33.6 Å². The lowest BCUT2D eigenvalue weighted by molar-refractivity contribution is -0.132. The molecular formula is C17H18N4O3S2. The minimum Gasteiger partial charge on any atom is -0.323 e. The highest BCUT2D eigenvalue weighted by molar-refractivity contribution is 8.00. The monoisotopic (exact) mass is 390 g/mol. The van der Waals surface area contributed by atoms with E-state index in [-0.39, 0.29) is 18.1 Å². The van der Waals surface area contributed by atoms with Crippen molar-refractivity contribution in [1.29, 1.82) is 0 Å². The molecule has 1 aromatic carbocycles. The lowest BCUT2D eigenvalue weighted by atomic mass is 10.1. The van der Waals surface area contributed by atoms with Crippen molar-refractivity contribution >= 4 is 40.8 Å². The van der Waals surface area contributed by atoms with E-state index in [0.717, 1.165) is 17.0 Å². The number of carbonyl (C=O) groups excluding carboxylic acids is 3. The number of thioether (sulfide) groups is 1. The summed E-state index contributed by atoms with van der Waals surface area (Å²) in [4.78, 5) is 41.2. The molecule has 1 aliphatic rings. The van der Waals surface area contributed by atoms with E-state index in [1.54, 1.807) is 5.38 Å². The Balaban J connectivity index is 1.54. The van der Waals surface area contributed by atoms with Crippen LogP contribution in [0.15, 0.2) is 29.6 Å². The van der Waals surface area contributed by atoms with Crippen molar-refractivity contribution < 1.29 is 14.4 Å². The highest BCUT2D eigenvalue weighted by Crippen LogP contribution is 2.24. The zero-order valence-electron chi connectivity index (χ0n) is 14.2. The van der Waals surface area contributed by atoms with Crippen molar-refractivity contribution in [3.05, 3.63) is 40.9 Å². The predicted molar refractivity (Wildman–Crippen MR) is 102 cm³/mol. The van der Waals surface area contributed by atoms with Crippen LogP contribution in [0.1, 0.15) is 23.0 Å². The van der Waals surface area contributed by atoms with Crippen molar-refractivity contribution in [1.82, 2.24) is 20.7 Å². The number of hydrogen-bond acceptors (Lipinski definition) is 6. The fourth-order valence-electron chi connectivity index (χ4n) is 2.34. The summed E-state index contributed by atoms with van der Waals surface area (Å²) in [5, 5.41) is 2.38. The number of hydrazine groups is 1. The van der Waals surface area contributed by atoms with Crippen LogP contribution in [0.4, 0.5) is 0 Å². The fourth-order valence-corrected chi connectivity index (χ4v) is 4.05. The Morgan fingerprint density at radius 2 is 2.00 bits per heavy atom. The molecule has 0 atom stereocenters. The van der Waals surface area contributed by atoms with Crippen LogP contribution in [0.25, 0.3) is 10.6 Å². The molecule has 2 aromatic rings. The molecule has 0 aliphatic carbocycles. The third-order valence-corrected chi connectivity index (χ3v) is 5.66. The van der Waals surface area contributed by atoms with Gasteiger partial charge in [0.2, 0.25) is 5.91 Å². The highest BCUT2D eigenvalue weighted by Gasteiger charge is 2.23. The topological polar surface area (TPSA) is 91.4 Å². The number of rotatable bonds is 5. The van der Waals surface area contributed by atoms with E-state index >= 15 is 0 Å². The molecule has 3 rings (SSSR count). The van der Waals surface area contributed by atoms with Gasteiger partial charge in [0.25, 0.3) is 11.8 Å². The van der Waals surface area contributed by atoms with Gasteiger partial charge in [-0.1, -0.05) is 31.2 Å². The van der Waals surface area contributed by atoms with E-state index in [9.17, 15) is 14.4 Å². The van der Waals surface area contributed by atoms with Crippen molar-refractivity contribution in [2.75, 3.05) is 18.2 Å². The predicted octanol–water partition coefficient (Wildman–Crippen LogP) is 1.67. The minimum absolute atomic E-state index is 0.0712. The molecule has 2 heterocycles. The quantitative estimate of drug-likeness (QED) is 0.758. The second-order valence-electron chi connectivity index (χ2n) is 5.66. The smallest absolute Gasteiger partial charge is 0.289 e. The van der Waals surface area contributed by atoms with Crippen LogP contribution < -0.4 is 10.9 Å². The molecule has 7 nitrogen and oxygen atoms in total. The first-order valence-electron chi connectivity index (χ1n) is 8.06. The van der Waals surface area contributed by atoms with Crippen LogP contribution in [-0.2, 0) is 16.0 Å². The largest absolute Gasteiger partial charge is 0.323 e. The van der Waals surface area contributed by atoms with Crippen LogP contribution >= 0.6 is 23.1 Å². The van der Waals surface area contributed by atoms with E-state index in [2.05, 4.69) is 22.8 Å². The maximum absolute atomic E-state index is 12.1. The molecular weight excluding hydrogens is 372 g/mol. The number of nitrogens with zero attached hydrogens (tertiary/aromatic N) is 2. The molecule has 0 spiro atoms. The highest BCUT2D eigenvalue weighted by atomic mass is 32.2. The summed E-state index contributed by atoms with van der Waals surface area (Å²) < 4.78 is 0. The first-order valence-corrected chi connectivity index (χ1v) is 10.1. The molecule has 1 aliphatic heterocycles. The Morgan fingerprint density at radius 1 is 1.23 bits per heavy atom. The van der Waals surface area contributed by atoms with Gasteiger partial charge in [-0.25, -0.2) is 4.98 Å². The van der Waals surface area contributed by atoms with Gasteiger partial charge >= 0.3 is 0 Å². The Labute approximate surface area is 159 Å². The molecule has 0 saturated carbocycles. The third kappa shape index (κ3) is 4.41. The van der Waals surface area contributed by atoms with Gasteiger partial charge in [-0.3, -0.25) is 25.2 Å². The standard InChI is InChI=1S/C17H18N4O3S2/c1-2-11-3-5-12(6-4-11)17-18-13(8-26-17)16(24)20-19-14(22)7-21-10-25-9-15(21)23/h3-6,8H,2,7,9-10H2,1H3,(H,19,22)(H,20,24). The molecule has 0 radical (unpaired) electrons. The van der Waals surface area contributed by atoms with Crippen molar-refractivity contribution in [3.63, 3.8) is 0 Å². The van der Waals surface area contributed by atoms with E-state index in [0.29, 0.717) is 11.6 Å². The fraction of sp³-hybridized carbons (Fsp3) is 0.294. The van der Waals surface area contributed by atoms with Crippen molar-refractivity contribution in [3.8, 4) is 10.6 Å². The van der Waals surface area contributed by atoms with Crippen LogP contribution in [0, 0.1) is 0 Å². The second kappa shape index (κ2) is 8.33. The van der Waals surface area contributed by atoms with Gasteiger partial charge in [-0.05, 0) is 12.0 Å². The minimum atomic E-state index is -0.492. The Bertz CT molecular complexity index is 820. The maximum Gasteiger partial charge on any atom is 0.289 e. The summed E-state index contributed by atoms with van der Waals surface area (Å²) in [6.45, 7) is 2.02. The molecule has 26 heavy (non-hydrogen) atoms. The molecule has 2 N–H and O–H groups in total. The summed E-state index contributed by atoms with van der Waals surface area (Å²) in [5.74, 6) is -0.130. The molecule has 3 amide bonds. The first-order chi connectivity index (χ1) is 12.6. The molecule has 136 valence electrons. The maximum atomic E-state index is 12.1. The molecule has 1 saturated heterocycles. The van der Waals surface area contributed by atoms with Crippen LogP contribution in [0.3, 0.4) is 0 Å². The average Bonchev–Trinajstić information content (AvgIpc) is 3.30. The SMILES string of the molecule is CCc1ccc(-c2nc(C(=O)NNC(=O)CN3CSCC3=O)cs2)cc1. The summed E-state index contributed by atoms with van der Waals surface area (Å²) in [6.07, 6.45) is 0.965. The number of thiazole rings is 1. The number of aryl methyl sites for hydroxylation is 1. The Kier molecular flexibility index (Phi) is 5.89. The normalized spacial score (nSPS) is 13.7. The summed E-state index contributed by atoms with van der Waals surface area (Å²) in [6, 6.07) is 8.03. The first kappa shape index (κ1) is 18.4. The summed E-state index contributed by atoms with van der Waals surface area (Å²) in [7, 11) is 0.